The fourth-order valence-corrected chi connectivity index (χ4v) is 11.6. The Morgan fingerprint density at radius 3 is 1.57 bits per heavy atom. The standard InChI is InChI=1S/C63H38N2O3/c1-3-16-39(17-4-1)64(41-32-35-59-51(36-41)47-22-9-12-27-56(47)66-59)42-31-34-49-54(37-42)63(62-60(49)50-23-10-14-29-58(50)68-62)52-25-11-7-20-44(52)45-33-30-43(38-53(45)63)65(40-18-5-2-6-19-40)55-26-15-24-48-46-21-8-13-28-57(46)67-61(48)55/h1-38H. The number of furan rings is 3. The van der Waals surface area contributed by atoms with Crippen LogP contribution >= 0.6 is 0 Å². The molecule has 3 aromatic heterocycles. The van der Waals surface area contributed by atoms with Gasteiger partial charge in [0.1, 0.15) is 33.5 Å². The lowest BCUT2D eigenvalue weighted by molar-refractivity contribution is 0.507. The summed E-state index contributed by atoms with van der Waals surface area (Å²) in [7, 11) is 0. The maximum absolute atomic E-state index is 7.30. The van der Waals surface area contributed by atoms with Gasteiger partial charge in [-0.3, -0.25) is 0 Å². The Balaban J connectivity index is 1.01. The van der Waals surface area contributed by atoms with Crippen molar-refractivity contribution in [1.29, 1.82) is 0 Å². The molecule has 15 rings (SSSR count). The first-order valence-corrected chi connectivity index (χ1v) is 23.2. The molecule has 0 saturated heterocycles. The van der Waals surface area contributed by atoms with Crippen LogP contribution in [0.4, 0.5) is 34.1 Å². The smallest absolute Gasteiger partial charge is 0.159 e. The third-order valence-corrected chi connectivity index (χ3v) is 14.4. The predicted octanol–water partition coefficient (Wildman–Crippen LogP) is 17.5. The van der Waals surface area contributed by atoms with Crippen molar-refractivity contribution < 1.29 is 13.3 Å². The molecule has 5 heteroatoms. The maximum Gasteiger partial charge on any atom is 0.159 e. The van der Waals surface area contributed by atoms with Gasteiger partial charge in [-0.1, -0.05) is 140 Å². The minimum Gasteiger partial charge on any atom is -0.459 e. The molecular formula is C63H38N2O3. The second-order valence-corrected chi connectivity index (χ2v) is 17.9. The lowest BCUT2D eigenvalue weighted by Gasteiger charge is -2.32. The highest BCUT2D eigenvalue weighted by Gasteiger charge is 2.55. The maximum atomic E-state index is 7.30. The van der Waals surface area contributed by atoms with Gasteiger partial charge in [-0.2, -0.15) is 0 Å². The monoisotopic (exact) mass is 870 g/mol. The molecular weight excluding hydrogens is 833 g/mol. The Labute approximate surface area is 390 Å². The van der Waals surface area contributed by atoms with Crippen LogP contribution in [0.25, 0.3) is 77.1 Å². The van der Waals surface area contributed by atoms with E-state index in [9.17, 15) is 0 Å². The second-order valence-electron chi connectivity index (χ2n) is 17.9. The highest BCUT2D eigenvalue weighted by atomic mass is 16.3. The number of benzene rings is 10. The van der Waals surface area contributed by atoms with Crippen LogP contribution in [0, 0.1) is 0 Å². The minimum atomic E-state index is -0.803. The molecule has 0 N–H and O–H groups in total. The van der Waals surface area contributed by atoms with Crippen molar-refractivity contribution in [1.82, 2.24) is 0 Å². The molecule has 1 unspecified atom stereocenters. The zero-order valence-corrected chi connectivity index (χ0v) is 36.6. The number of rotatable bonds is 6. The van der Waals surface area contributed by atoms with Crippen LogP contribution in [0.3, 0.4) is 0 Å². The molecule has 1 atom stereocenters. The minimum absolute atomic E-state index is 0.803. The molecule has 0 aliphatic heterocycles. The summed E-state index contributed by atoms with van der Waals surface area (Å²) >= 11 is 0. The van der Waals surface area contributed by atoms with Crippen molar-refractivity contribution in [2.24, 2.45) is 0 Å². The van der Waals surface area contributed by atoms with Gasteiger partial charge in [0.05, 0.1) is 5.69 Å². The molecule has 3 heterocycles. The highest BCUT2D eigenvalue weighted by molar-refractivity contribution is 6.11. The van der Waals surface area contributed by atoms with Crippen molar-refractivity contribution in [2.75, 3.05) is 9.80 Å². The first-order chi connectivity index (χ1) is 33.7. The summed E-state index contributed by atoms with van der Waals surface area (Å²) in [6.07, 6.45) is 0. The molecule has 0 amide bonds. The van der Waals surface area contributed by atoms with Gasteiger partial charge >= 0.3 is 0 Å². The van der Waals surface area contributed by atoms with Crippen molar-refractivity contribution in [3.05, 3.63) is 253 Å². The van der Waals surface area contributed by atoms with Gasteiger partial charge in [-0.25, -0.2) is 0 Å². The van der Waals surface area contributed by atoms with E-state index in [1.165, 1.54) is 27.8 Å². The van der Waals surface area contributed by atoms with E-state index in [-0.39, 0.29) is 0 Å². The lowest BCUT2D eigenvalue weighted by atomic mass is 9.73. The van der Waals surface area contributed by atoms with Crippen molar-refractivity contribution in [3.8, 4) is 22.3 Å². The molecule has 5 nitrogen and oxygen atoms in total. The van der Waals surface area contributed by atoms with Crippen molar-refractivity contribution >= 4 is 89.0 Å². The molecule has 0 saturated carbocycles. The fraction of sp³-hybridized carbons (Fsp3) is 0.0159. The van der Waals surface area contributed by atoms with Crippen molar-refractivity contribution in [2.45, 2.75) is 5.41 Å². The molecule has 2 aliphatic rings. The third kappa shape index (κ3) is 5.04. The SMILES string of the molecule is c1ccc(N(c2ccc3c(c2)C2(c4ccccc4-c4ccc(N(c5ccccc5)c5cccc6c5oc5ccccc56)cc42)c2oc4ccccc4c2-3)c2ccc3oc4ccccc4c3c2)cc1. The van der Waals surface area contributed by atoms with Crippen LogP contribution in [0.15, 0.2) is 244 Å². The highest BCUT2D eigenvalue weighted by Crippen LogP contribution is 2.66. The molecule has 1 spiro atoms. The Kier molecular flexibility index (Phi) is 7.64. The largest absolute Gasteiger partial charge is 0.459 e. The number of hydrogen-bond acceptors (Lipinski definition) is 5. The van der Waals surface area contributed by atoms with E-state index in [2.05, 4.69) is 222 Å². The van der Waals surface area contributed by atoms with E-state index in [0.29, 0.717) is 0 Å². The van der Waals surface area contributed by atoms with Gasteiger partial charge in [-0.15, -0.1) is 0 Å². The molecule has 13 aromatic rings. The Morgan fingerprint density at radius 2 is 0.809 bits per heavy atom. The summed E-state index contributed by atoms with van der Waals surface area (Å²) in [4.78, 5) is 4.72. The quantitative estimate of drug-likeness (QED) is 0.167. The topological polar surface area (TPSA) is 45.9 Å². The molecule has 0 bridgehead atoms. The predicted molar refractivity (Wildman–Crippen MR) is 276 cm³/mol. The molecule has 318 valence electrons. The van der Waals surface area contributed by atoms with E-state index in [1.54, 1.807) is 0 Å². The summed E-state index contributed by atoms with van der Waals surface area (Å²) in [6.45, 7) is 0. The number of fused-ring (bicyclic) bond motifs is 18. The average Bonchev–Trinajstić information content (AvgIpc) is 4.20. The van der Waals surface area contributed by atoms with Crippen LogP contribution in [0.1, 0.15) is 22.5 Å². The molecule has 2 aliphatic carbocycles. The second kappa shape index (κ2) is 14.0. The molecule has 0 radical (unpaired) electrons. The number of para-hydroxylation sites is 6. The average molecular weight is 871 g/mol. The summed E-state index contributed by atoms with van der Waals surface area (Å²) in [6, 6.07) is 82.3. The summed E-state index contributed by atoms with van der Waals surface area (Å²) in [5.41, 5.74) is 17.9. The van der Waals surface area contributed by atoms with Crippen LogP contribution in [0.2, 0.25) is 0 Å². The van der Waals surface area contributed by atoms with Gasteiger partial charge in [0, 0.05) is 60.9 Å². The first-order valence-electron chi connectivity index (χ1n) is 23.2. The van der Waals surface area contributed by atoms with E-state index in [0.717, 1.165) is 106 Å². The molecule has 10 aromatic carbocycles. The molecule has 0 fully saturated rings. The first kappa shape index (κ1) is 37.2. The molecule has 68 heavy (non-hydrogen) atoms. The summed E-state index contributed by atoms with van der Waals surface area (Å²) in [5, 5.41) is 5.46. The van der Waals surface area contributed by atoms with Crippen LogP contribution < -0.4 is 9.80 Å². The van der Waals surface area contributed by atoms with Crippen molar-refractivity contribution in [3.63, 3.8) is 0 Å². The van der Waals surface area contributed by atoms with E-state index in [4.69, 9.17) is 13.3 Å². The number of anilines is 6. The normalized spacial score (nSPS) is 14.5. The summed E-state index contributed by atoms with van der Waals surface area (Å²) < 4.78 is 20.4. The zero-order valence-electron chi connectivity index (χ0n) is 36.6. The van der Waals surface area contributed by atoms with Crippen LogP contribution in [-0.4, -0.2) is 0 Å². The van der Waals surface area contributed by atoms with Gasteiger partial charge in [0.15, 0.2) is 5.58 Å². The van der Waals surface area contributed by atoms with Gasteiger partial charge < -0.3 is 23.1 Å². The zero-order chi connectivity index (χ0) is 44.5. The van der Waals surface area contributed by atoms with E-state index in [1.807, 2.05) is 18.2 Å². The Morgan fingerprint density at radius 1 is 0.294 bits per heavy atom. The fourth-order valence-electron chi connectivity index (χ4n) is 11.6. The van der Waals surface area contributed by atoms with Crippen LogP contribution in [-0.2, 0) is 5.41 Å². The Bertz CT molecular complexity index is 4180. The Hall–Kier alpha value is -9.06. The van der Waals surface area contributed by atoms with Gasteiger partial charge in [0.25, 0.3) is 0 Å². The lowest BCUT2D eigenvalue weighted by Crippen LogP contribution is -2.26. The van der Waals surface area contributed by atoms with Gasteiger partial charge in [0.2, 0.25) is 0 Å². The van der Waals surface area contributed by atoms with Gasteiger partial charge in [-0.05, 0) is 124 Å². The number of nitrogens with zero attached hydrogens (tertiary/aromatic N) is 2. The third-order valence-electron chi connectivity index (χ3n) is 14.4. The summed E-state index contributed by atoms with van der Waals surface area (Å²) in [5.74, 6) is 0.942. The van der Waals surface area contributed by atoms with E-state index < -0.39 is 5.41 Å². The number of hydrogen-bond donors (Lipinski definition) is 0. The van der Waals surface area contributed by atoms with E-state index >= 15 is 0 Å². The van der Waals surface area contributed by atoms with Crippen LogP contribution in [0.5, 0.6) is 0 Å².